The number of alkyl carbamates (subject to hydrolysis) is 1. The summed E-state index contributed by atoms with van der Waals surface area (Å²) >= 11 is 0. The van der Waals surface area contributed by atoms with E-state index >= 15 is 0 Å². The zero-order valence-electron chi connectivity index (χ0n) is 14.0. The van der Waals surface area contributed by atoms with Gasteiger partial charge in [-0.25, -0.2) is 4.79 Å². The van der Waals surface area contributed by atoms with Gasteiger partial charge in [-0.1, -0.05) is 42.5 Å². The van der Waals surface area contributed by atoms with Gasteiger partial charge in [0, 0.05) is 12.0 Å². The highest BCUT2D eigenvalue weighted by Gasteiger charge is 2.37. The van der Waals surface area contributed by atoms with Gasteiger partial charge in [0.15, 0.2) is 6.73 Å². The SMILES string of the molecule is Cl.NCC1OB(O)c2c(OCNC(=O)OCc3ccccc3)cccc21. The van der Waals surface area contributed by atoms with Gasteiger partial charge in [-0.3, -0.25) is 5.32 Å². The Kier molecular flexibility index (Phi) is 7.29. The third kappa shape index (κ3) is 4.67. The molecule has 0 bridgehead atoms. The summed E-state index contributed by atoms with van der Waals surface area (Å²) in [6, 6.07) is 14.7. The third-order valence-electron chi connectivity index (χ3n) is 3.86. The van der Waals surface area contributed by atoms with Gasteiger partial charge in [0.2, 0.25) is 0 Å². The minimum atomic E-state index is -1.09. The Morgan fingerprint density at radius 2 is 2.00 bits per heavy atom. The van der Waals surface area contributed by atoms with E-state index in [9.17, 15) is 9.82 Å². The fraction of sp³-hybridized carbons (Fsp3) is 0.235. The van der Waals surface area contributed by atoms with Gasteiger partial charge in [0.25, 0.3) is 0 Å². The Bertz CT molecular complexity index is 734. The summed E-state index contributed by atoms with van der Waals surface area (Å²) < 4.78 is 16.0. The van der Waals surface area contributed by atoms with E-state index in [0.29, 0.717) is 11.2 Å². The molecule has 7 nitrogen and oxygen atoms in total. The predicted octanol–water partition coefficient (Wildman–Crippen LogP) is 1.09. The highest BCUT2D eigenvalue weighted by atomic mass is 35.5. The maximum absolute atomic E-state index is 11.7. The van der Waals surface area contributed by atoms with Gasteiger partial charge in [0.1, 0.15) is 12.4 Å². The van der Waals surface area contributed by atoms with Crippen molar-refractivity contribution in [2.45, 2.75) is 12.7 Å². The second-order valence-electron chi connectivity index (χ2n) is 5.50. The molecule has 2 aromatic rings. The normalized spacial score (nSPS) is 15.0. The minimum absolute atomic E-state index is 0. The van der Waals surface area contributed by atoms with Crippen LogP contribution in [0.5, 0.6) is 5.75 Å². The van der Waals surface area contributed by atoms with Crippen LogP contribution in [0.3, 0.4) is 0 Å². The van der Waals surface area contributed by atoms with Crippen LogP contribution in [-0.4, -0.2) is 31.5 Å². The largest absolute Gasteiger partial charge is 0.495 e. The van der Waals surface area contributed by atoms with E-state index in [1.807, 2.05) is 36.4 Å². The molecule has 3 rings (SSSR count). The van der Waals surface area contributed by atoms with E-state index < -0.39 is 13.2 Å². The first-order valence-electron chi connectivity index (χ1n) is 7.92. The molecule has 1 aliphatic heterocycles. The number of fused-ring (bicyclic) bond motifs is 1. The molecule has 0 radical (unpaired) electrons. The number of nitrogens with two attached hydrogens (primary N) is 1. The molecule has 0 aromatic heterocycles. The van der Waals surface area contributed by atoms with Crippen molar-refractivity contribution >= 4 is 31.1 Å². The zero-order chi connectivity index (χ0) is 17.6. The monoisotopic (exact) mass is 378 g/mol. The molecule has 2 aromatic carbocycles. The molecule has 0 saturated carbocycles. The van der Waals surface area contributed by atoms with E-state index in [4.69, 9.17) is 19.9 Å². The summed E-state index contributed by atoms with van der Waals surface area (Å²) in [5.74, 6) is 0.435. The molecule has 1 heterocycles. The molecule has 0 saturated heterocycles. The zero-order valence-corrected chi connectivity index (χ0v) is 14.8. The number of amides is 1. The molecule has 0 aliphatic carbocycles. The fourth-order valence-corrected chi connectivity index (χ4v) is 2.66. The van der Waals surface area contributed by atoms with Crippen LogP contribution in [-0.2, 0) is 16.0 Å². The van der Waals surface area contributed by atoms with Crippen molar-refractivity contribution in [1.82, 2.24) is 5.32 Å². The quantitative estimate of drug-likeness (QED) is 0.513. The lowest BCUT2D eigenvalue weighted by atomic mass is 9.78. The van der Waals surface area contributed by atoms with Crippen molar-refractivity contribution in [2.75, 3.05) is 13.3 Å². The van der Waals surface area contributed by atoms with E-state index in [-0.39, 0.29) is 38.4 Å². The number of carbonyl (C=O) groups is 1. The second-order valence-corrected chi connectivity index (χ2v) is 5.50. The van der Waals surface area contributed by atoms with Crippen LogP contribution in [0.4, 0.5) is 4.79 Å². The molecule has 0 fully saturated rings. The molecule has 1 atom stereocenters. The van der Waals surface area contributed by atoms with Crippen molar-refractivity contribution in [3.05, 3.63) is 59.7 Å². The first-order chi connectivity index (χ1) is 12.2. The summed E-state index contributed by atoms with van der Waals surface area (Å²) in [4.78, 5) is 11.7. The maximum Gasteiger partial charge on any atom is 0.495 e. The molecule has 4 N–H and O–H groups in total. The summed E-state index contributed by atoms with van der Waals surface area (Å²) in [7, 11) is -1.09. The molecule has 9 heteroatoms. The molecule has 1 amide bonds. The summed E-state index contributed by atoms with van der Waals surface area (Å²) in [5, 5.41) is 12.5. The Hall–Kier alpha value is -2.26. The summed E-state index contributed by atoms with van der Waals surface area (Å²) in [5.41, 5.74) is 7.86. The number of nitrogens with one attached hydrogen (secondary N) is 1. The average Bonchev–Trinajstić information content (AvgIpc) is 2.98. The fourth-order valence-electron chi connectivity index (χ4n) is 2.66. The van der Waals surface area contributed by atoms with Crippen molar-refractivity contribution in [3.63, 3.8) is 0 Å². The van der Waals surface area contributed by atoms with E-state index in [2.05, 4.69) is 5.32 Å². The van der Waals surface area contributed by atoms with E-state index in [1.165, 1.54) is 0 Å². The van der Waals surface area contributed by atoms with Crippen LogP contribution in [0.25, 0.3) is 0 Å². The third-order valence-corrected chi connectivity index (χ3v) is 3.86. The Balaban J connectivity index is 0.00000243. The number of hydrogen-bond acceptors (Lipinski definition) is 6. The van der Waals surface area contributed by atoms with Crippen molar-refractivity contribution in [3.8, 4) is 5.75 Å². The Labute approximate surface area is 158 Å². The first kappa shape index (κ1) is 20.1. The molecular weight excluding hydrogens is 358 g/mol. The molecule has 1 aliphatic rings. The molecule has 138 valence electrons. The summed E-state index contributed by atoms with van der Waals surface area (Å²) in [6.45, 7) is 0.347. The van der Waals surface area contributed by atoms with E-state index in [1.54, 1.807) is 12.1 Å². The van der Waals surface area contributed by atoms with Crippen molar-refractivity contribution < 1.29 is 23.9 Å². The van der Waals surface area contributed by atoms with Gasteiger partial charge in [-0.15, -0.1) is 12.4 Å². The van der Waals surface area contributed by atoms with Crippen LogP contribution in [0.1, 0.15) is 17.2 Å². The van der Waals surface area contributed by atoms with Gasteiger partial charge in [-0.2, -0.15) is 0 Å². The Morgan fingerprint density at radius 3 is 2.73 bits per heavy atom. The first-order valence-corrected chi connectivity index (χ1v) is 7.92. The number of carbonyl (C=O) groups excluding carboxylic acids is 1. The topological polar surface area (TPSA) is 103 Å². The highest BCUT2D eigenvalue weighted by Crippen LogP contribution is 2.26. The Morgan fingerprint density at radius 1 is 1.23 bits per heavy atom. The van der Waals surface area contributed by atoms with Crippen molar-refractivity contribution in [1.29, 1.82) is 0 Å². The van der Waals surface area contributed by atoms with Crippen LogP contribution < -0.4 is 21.3 Å². The standard InChI is InChI=1S/C17H19BN2O5.ClH/c19-9-15-13-7-4-8-14(16(13)18(22)25-15)24-11-20-17(21)23-10-12-5-2-1-3-6-12;/h1-8,15,22H,9-11,19H2,(H,20,21);1H. The number of halogens is 1. The van der Waals surface area contributed by atoms with Gasteiger partial charge < -0.3 is 24.9 Å². The summed E-state index contributed by atoms with van der Waals surface area (Å²) in [6.07, 6.45) is -0.953. The van der Waals surface area contributed by atoms with Gasteiger partial charge in [-0.05, 0) is 17.2 Å². The smallest absolute Gasteiger partial charge is 0.473 e. The van der Waals surface area contributed by atoms with Gasteiger partial charge in [0.05, 0.1) is 6.10 Å². The van der Waals surface area contributed by atoms with Crippen molar-refractivity contribution in [2.24, 2.45) is 5.73 Å². The molecular formula is C17H20BClN2O5. The van der Waals surface area contributed by atoms with Crippen LogP contribution in [0, 0.1) is 0 Å². The second kappa shape index (κ2) is 9.44. The average molecular weight is 379 g/mol. The minimum Gasteiger partial charge on any atom is -0.473 e. The maximum atomic E-state index is 11.7. The van der Waals surface area contributed by atoms with Crippen LogP contribution in [0.15, 0.2) is 48.5 Å². The lowest BCUT2D eigenvalue weighted by molar-refractivity contribution is 0.130. The number of rotatable bonds is 6. The van der Waals surface area contributed by atoms with Crippen LogP contribution >= 0.6 is 12.4 Å². The van der Waals surface area contributed by atoms with Crippen LogP contribution in [0.2, 0.25) is 0 Å². The number of benzene rings is 2. The molecule has 1 unspecified atom stereocenters. The lowest BCUT2D eigenvalue weighted by Gasteiger charge is -2.12. The number of hydrogen-bond donors (Lipinski definition) is 3. The lowest BCUT2D eigenvalue weighted by Crippen LogP contribution is -2.33. The highest BCUT2D eigenvalue weighted by molar-refractivity contribution is 6.62. The molecule has 26 heavy (non-hydrogen) atoms. The molecule has 0 spiro atoms. The predicted molar refractivity (Wildman–Crippen MR) is 99.4 cm³/mol. The van der Waals surface area contributed by atoms with E-state index in [0.717, 1.165) is 11.1 Å². The van der Waals surface area contributed by atoms with Gasteiger partial charge >= 0.3 is 13.2 Å². The number of ether oxygens (including phenoxy) is 2.